The Morgan fingerprint density at radius 1 is 1.33 bits per heavy atom. The molecule has 1 atom stereocenters. The van der Waals surface area contributed by atoms with E-state index in [0.29, 0.717) is 24.4 Å². The van der Waals surface area contributed by atoms with Gasteiger partial charge in [0.05, 0.1) is 30.9 Å². The SMILES string of the molecule is CCc1ccn2ncc(NC)c2n1.COc1cc(-c2cc(C(=O)N3CCC(C=O)CC34CC4)[nH]n2)c(F)cn1. The Labute approximate surface area is 224 Å². The van der Waals surface area contributed by atoms with Crippen molar-refractivity contribution in [2.45, 2.75) is 44.6 Å². The van der Waals surface area contributed by atoms with E-state index in [1.54, 1.807) is 16.8 Å². The van der Waals surface area contributed by atoms with Crippen LogP contribution in [-0.4, -0.2) is 73.1 Å². The number of aromatic nitrogens is 6. The van der Waals surface area contributed by atoms with Gasteiger partial charge in [-0.25, -0.2) is 18.9 Å². The number of aldehydes is 1. The Bertz CT molecular complexity index is 1500. The van der Waals surface area contributed by atoms with Crippen LogP contribution in [0.15, 0.2) is 36.8 Å². The standard InChI is InChI=1S/C18H19FN4O3.C9H12N4/c1-26-16-6-12(13(19)9-20-16)14-7-15(22-21-14)17(25)23-5-2-11(10-24)8-18(23)3-4-18;1-3-7-4-5-13-9(12-7)8(10-2)6-11-13/h6-7,9-11H,2-5,8H2,1H3,(H,21,22);4-6,10H,3H2,1-2H3. The van der Waals surface area contributed by atoms with Crippen LogP contribution in [0.25, 0.3) is 16.9 Å². The maximum absolute atomic E-state index is 14.1. The van der Waals surface area contributed by atoms with Crippen LogP contribution in [0.1, 0.15) is 48.8 Å². The number of hydrogen-bond donors (Lipinski definition) is 2. The number of likely N-dealkylation sites (tertiary alicyclic amines) is 1. The zero-order valence-electron chi connectivity index (χ0n) is 22.1. The molecule has 1 spiro atoms. The van der Waals surface area contributed by atoms with Gasteiger partial charge in [-0.3, -0.25) is 9.89 Å². The largest absolute Gasteiger partial charge is 0.481 e. The lowest BCUT2D eigenvalue weighted by molar-refractivity contribution is -0.113. The number of nitrogens with zero attached hydrogens (tertiary/aromatic N) is 6. The zero-order valence-corrected chi connectivity index (χ0v) is 22.1. The normalized spacial score (nSPS) is 17.4. The molecule has 2 N–H and O–H groups in total. The fraction of sp³-hybridized carbons (Fsp3) is 0.407. The molecule has 39 heavy (non-hydrogen) atoms. The van der Waals surface area contributed by atoms with Crippen molar-refractivity contribution in [2.75, 3.05) is 26.0 Å². The highest BCUT2D eigenvalue weighted by Crippen LogP contribution is 2.50. The molecular formula is C27H31FN8O3. The van der Waals surface area contributed by atoms with Crippen molar-refractivity contribution in [3.63, 3.8) is 0 Å². The monoisotopic (exact) mass is 534 g/mol. The first kappa shape index (κ1) is 26.3. The lowest BCUT2D eigenvalue weighted by atomic mass is 9.90. The first-order valence-electron chi connectivity index (χ1n) is 12.9. The summed E-state index contributed by atoms with van der Waals surface area (Å²) in [6.45, 7) is 2.64. The van der Waals surface area contributed by atoms with E-state index >= 15 is 0 Å². The van der Waals surface area contributed by atoms with Crippen LogP contribution < -0.4 is 10.1 Å². The number of anilines is 1. The van der Waals surface area contributed by atoms with Gasteiger partial charge in [0, 0.05) is 48.6 Å². The number of carbonyl (C=O) groups is 2. The van der Waals surface area contributed by atoms with E-state index in [9.17, 15) is 14.0 Å². The molecule has 4 aromatic rings. The molecule has 12 heteroatoms. The molecule has 0 radical (unpaired) electrons. The third-order valence-corrected chi connectivity index (χ3v) is 7.38. The smallest absolute Gasteiger partial charge is 0.272 e. The van der Waals surface area contributed by atoms with E-state index in [4.69, 9.17) is 4.74 Å². The van der Waals surface area contributed by atoms with Gasteiger partial charge in [-0.15, -0.1) is 0 Å². The molecule has 1 aliphatic carbocycles. The number of aromatic amines is 1. The molecule has 1 saturated carbocycles. The molecule has 1 aliphatic heterocycles. The van der Waals surface area contributed by atoms with Gasteiger partial charge in [0.2, 0.25) is 5.88 Å². The van der Waals surface area contributed by atoms with Crippen molar-refractivity contribution in [1.82, 2.24) is 34.7 Å². The third kappa shape index (κ3) is 5.18. The number of methoxy groups -OCH3 is 1. The van der Waals surface area contributed by atoms with Crippen LogP contribution in [-0.2, 0) is 11.2 Å². The van der Waals surface area contributed by atoms with Gasteiger partial charge in [0.25, 0.3) is 5.91 Å². The van der Waals surface area contributed by atoms with E-state index < -0.39 is 5.82 Å². The molecule has 4 aromatic heterocycles. The Kier molecular flexibility index (Phi) is 7.27. The summed E-state index contributed by atoms with van der Waals surface area (Å²) in [6, 6.07) is 4.97. The number of amides is 1. The van der Waals surface area contributed by atoms with Crippen LogP contribution in [0, 0.1) is 11.7 Å². The highest BCUT2D eigenvalue weighted by atomic mass is 19.1. The molecular weight excluding hydrogens is 503 g/mol. The van der Waals surface area contributed by atoms with Gasteiger partial charge in [-0.2, -0.15) is 10.2 Å². The van der Waals surface area contributed by atoms with Crippen molar-refractivity contribution >= 4 is 23.5 Å². The molecule has 1 saturated heterocycles. The molecule has 2 fully saturated rings. The van der Waals surface area contributed by atoms with E-state index in [-0.39, 0.29) is 28.8 Å². The minimum atomic E-state index is -0.540. The van der Waals surface area contributed by atoms with Gasteiger partial charge in [0.15, 0.2) is 11.5 Å². The Hall–Kier alpha value is -4.35. The van der Waals surface area contributed by atoms with Crippen LogP contribution in [0.5, 0.6) is 5.88 Å². The van der Waals surface area contributed by atoms with E-state index in [0.717, 1.165) is 55.2 Å². The zero-order chi connectivity index (χ0) is 27.6. The fourth-order valence-electron chi connectivity index (χ4n) is 5.01. The van der Waals surface area contributed by atoms with Gasteiger partial charge in [0.1, 0.15) is 12.0 Å². The van der Waals surface area contributed by atoms with Crippen molar-refractivity contribution in [3.8, 4) is 17.1 Å². The highest BCUT2D eigenvalue weighted by Gasteiger charge is 2.53. The Balaban J connectivity index is 0.000000198. The predicted octanol–water partition coefficient (Wildman–Crippen LogP) is 3.54. The van der Waals surface area contributed by atoms with Crippen molar-refractivity contribution in [3.05, 3.63) is 54.0 Å². The number of rotatable bonds is 6. The summed E-state index contributed by atoms with van der Waals surface area (Å²) in [6.07, 6.45) is 9.95. The summed E-state index contributed by atoms with van der Waals surface area (Å²) in [7, 11) is 3.32. The Morgan fingerprint density at radius 3 is 2.85 bits per heavy atom. The van der Waals surface area contributed by atoms with Crippen LogP contribution in [0.2, 0.25) is 0 Å². The van der Waals surface area contributed by atoms with Gasteiger partial charge in [-0.1, -0.05) is 6.92 Å². The molecule has 5 heterocycles. The molecule has 6 rings (SSSR count). The number of ether oxygens (including phenoxy) is 1. The van der Waals surface area contributed by atoms with Crippen LogP contribution in [0.3, 0.4) is 0 Å². The maximum Gasteiger partial charge on any atom is 0.272 e. The van der Waals surface area contributed by atoms with Gasteiger partial charge >= 0.3 is 0 Å². The summed E-state index contributed by atoms with van der Waals surface area (Å²) in [5.41, 5.74) is 3.59. The average molecular weight is 535 g/mol. The molecule has 0 aromatic carbocycles. The van der Waals surface area contributed by atoms with Crippen molar-refractivity contribution in [1.29, 1.82) is 0 Å². The summed E-state index contributed by atoms with van der Waals surface area (Å²) in [4.78, 5) is 34.1. The number of piperidine rings is 1. The fourth-order valence-corrected chi connectivity index (χ4v) is 5.01. The van der Waals surface area contributed by atoms with E-state index in [2.05, 4.69) is 37.5 Å². The summed E-state index contributed by atoms with van der Waals surface area (Å²) >= 11 is 0. The van der Waals surface area contributed by atoms with Gasteiger partial charge < -0.3 is 19.7 Å². The summed E-state index contributed by atoms with van der Waals surface area (Å²) < 4.78 is 20.9. The first-order chi connectivity index (χ1) is 18.9. The van der Waals surface area contributed by atoms with Crippen molar-refractivity contribution in [2.24, 2.45) is 5.92 Å². The molecule has 11 nitrogen and oxygen atoms in total. The van der Waals surface area contributed by atoms with Gasteiger partial charge in [-0.05, 0) is 44.2 Å². The number of carbonyl (C=O) groups excluding carboxylic acids is 2. The minimum absolute atomic E-state index is 0.0252. The topological polar surface area (TPSA) is 130 Å². The molecule has 204 valence electrons. The summed E-state index contributed by atoms with van der Waals surface area (Å²) in [5, 5.41) is 14.0. The predicted molar refractivity (Wildman–Crippen MR) is 142 cm³/mol. The quantitative estimate of drug-likeness (QED) is 0.359. The van der Waals surface area contributed by atoms with E-state index in [1.165, 1.54) is 13.2 Å². The maximum atomic E-state index is 14.1. The number of halogens is 1. The minimum Gasteiger partial charge on any atom is -0.481 e. The second-order valence-electron chi connectivity index (χ2n) is 9.79. The third-order valence-electron chi connectivity index (χ3n) is 7.38. The summed E-state index contributed by atoms with van der Waals surface area (Å²) in [5.74, 6) is -0.406. The molecule has 1 amide bonds. The number of pyridine rings is 1. The van der Waals surface area contributed by atoms with E-state index in [1.807, 2.05) is 24.2 Å². The lowest BCUT2D eigenvalue weighted by Crippen LogP contribution is -2.48. The number of nitrogens with one attached hydrogen (secondary N) is 2. The van der Waals surface area contributed by atoms with Crippen molar-refractivity contribution < 1.29 is 18.7 Å². The molecule has 1 unspecified atom stereocenters. The second kappa shape index (κ2) is 10.8. The number of H-pyrrole nitrogens is 1. The first-order valence-corrected chi connectivity index (χ1v) is 12.9. The van der Waals surface area contributed by atoms with Crippen LogP contribution >= 0.6 is 0 Å². The van der Waals surface area contributed by atoms with Crippen LogP contribution in [0.4, 0.5) is 10.1 Å². The Morgan fingerprint density at radius 2 is 2.15 bits per heavy atom. The second-order valence-corrected chi connectivity index (χ2v) is 9.79. The molecule has 2 aliphatic rings. The number of aryl methyl sites for hydroxylation is 1. The number of fused-ring (bicyclic) bond motifs is 1. The highest BCUT2D eigenvalue weighted by molar-refractivity contribution is 5.94. The molecule has 0 bridgehead atoms. The average Bonchev–Trinajstić information content (AvgIpc) is 3.37. The lowest BCUT2D eigenvalue weighted by Gasteiger charge is -2.38. The number of hydrogen-bond acceptors (Lipinski definition) is 8.